The van der Waals surface area contributed by atoms with E-state index in [-0.39, 0.29) is 23.6 Å². The number of halogens is 3. The topological polar surface area (TPSA) is 98.2 Å². The monoisotopic (exact) mass is 479 g/mol. The average molecular weight is 480 g/mol. The lowest BCUT2D eigenvalue weighted by Crippen LogP contribution is -2.39. The van der Waals surface area contributed by atoms with E-state index in [1.807, 2.05) is 18.2 Å². The first-order valence-electron chi connectivity index (χ1n) is 10.1. The number of sulfonamides is 1. The van der Waals surface area contributed by atoms with E-state index in [4.69, 9.17) is 9.90 Å². The number of likely N-dealkylation sites (N-methyl/N-ethyl adjacent to an activating group) is 1. The highest BCUT2D eigenvalue weighted by molar-refractivity contribution is 7.90. The van der Waals surface area contributed by atoms with E-state index >= 15 is 0 Å². The Morgan fingerprint density at radius 1 is 1.12 bits per heavy atom. The minimum atomic E-state index is -5.08. The highest BCUT2D eigenvalue weighted by Gasteiger charge is 2.47. The van der Waals surface area contributed by atoms with Gasteiger partial charge in [-0.25, -0.2) is 13.2 Å². The number of amides is 1. The normalized spacial score (nSPS) is 23.4. The van der Waals surface area contributed by atoms with Gasteiger partial charge in [0.15, 0.2) is 0 Å². The molecule has 2 aliphatic rings. The van der Waals surface area contributed by atoms with E-state index in [1.165, 1.54) is 14.8 Å². The summed E-state index contributed by atoms with van der Waals surface area (Å²) in [5, 5.41) is 6.78. The number of fused-ring (bicyclic) bond motifs is 1. The molecule has 8 nitrogen and oxygen atoms in total. The molecular weight excluding hydrogens is 451 g/mol. The standard InChI is InChI=1S/C18H27N3O3S.C2HF3O2/c1-19(2)18(22)14-21-13-16-8-10-20(11-9-17(16)25(21,23)24)12-15-6-4-3-5-7-15;3-2(4,5)1(6)7/h3-7,16-17H,8-14H2,1-2H3;(H,6,7)/t16-,17-;/m1./s1. The third kappa shape index (κ3) is 6.91. The summed E-state index contributed by atoms with van der Waals surface area (Å²) >= 11 is 0. The molecule has 32 heavy (non-hydrogen) atoms. The molecule has 2 saturated heterocycles. The number of carboxylic acid groups (broad SMARTS) is 1. The van der Waals surface area contributed by atoms with Crippen molar-refractivity contribution in [1.29, 1.82) is 0 Å². The Morgan fingerprint density at radius 3 is 2.22 bits per heavy atom. The smallest absolute Gasteiger partial charge is 0.475 e. The largest absolute Gasteiger partial charge is 0.490 e. The quantitative estimate of drug-likeness (QED) is 0.705. The number of carbonyl (C=O) groups is 2. The summed E-state index contributed by atoms with van der Waals surface area (Å²) in [5.41, 5.74) is 1.26. The van der Waals surface area contributed by atoms with Gasteiger partial charge in [0.25, 0.3) is 0 Å². The lowest BCUT2D eigenvalue weighted by Gasteiger charge is -2.22. The first-order chi connectivity index (χ1) is 14.8. The van der Waals surface area contributed by atoms with E-state index in [0.717, 1.165) is 26.1 Å². The minimum absolute atomic E-state index is 0.0317. The van der Waals surface area contributed by atoms with E-state index < -0.39 is 22.2 Å². The first-order valence-corrected chi connectivity index (χ1v) is 11.6. The van der Waals surface area contributed by atoms with Crippen LogP contribution in [0.3, 0.4) is 0 Å². The molecule has 2 heterocycles. The van der Waals surface area contributed by atoms with Crippen LogP contribution in [0.1, 0.15) is 18.4 Å². The maximum atomic E-state index is 12.8. The summed E-state index contributed by atoms with van der Waals surface area (Å²) in [7, 11) is -0.0624. The number of hydrogen-bond acceptors (Lipinski definition) is 5. The number of rotatable bonds is 4. The van der Waals surface area contributed by atoms with Crippen molar-refractivity contribution < 1.29 is 36.3 Å². The second-order valence-corrected chi connectivity index (χ2v) is 10.2. The molecule has 0 unspecified atom stereocenters. The maximum absolute atomic E-state index is 12.8. The van der Waals surface area contributed by atoms with Gasteiger partial charge in [0.05, 0.1) is 11.8 Å². The summed E-state index contributed by atoms with van der Waals surface area (Å²) in [6.45, 7) is 3.00. The van der Waals surface area contributed by atoms with Crippen LogP contribution >= 0.6 is 0 Å². The van der Waals surface area contributed by atoms with Gasteiger partial charge in [-0.15, -0.1) is 0 Å². The molecule has 12 heteroatoms. The second kappa shape index (κ2) is 10.6. The lowest BCUT2D eigenvalue weighted by atomic mass is 10.0. The summed E-state index contributed by atoms with van der Waals surface area (Å²) in [6.07, 6.45) is -3.57. The highest BCUT2D eigenvalue weighted by atomic mass is 32.2. The third-order valence-corrected chi connectivity index (χ3v) is 7.94. The number of nitrogens with zero attached hydrogens (tertiary/aromatic N) is 3. The zero-order valence-corrected chi connectivity index (χ0v) is 18.8. The van der Waals surface area contributed by atoms with Gasteiger partial charge in [0.2, 0.25) is 15.9 Å². The van der Waals surface area contributed by atoms with Crippen LogP contribution in [-0.2, 0) is 26.2 Å². The predicted molar refractivity (Wildman–Crippen MR) is 111 cm³/mol. The van der Waals surface area contributed by atoms with Crippen molar-refractivity contribution in [1.82, 2.24) is 14.1 Å². The Bertz CT molecular complexity index is 893. The predicted octanol–water partition coefficient (Wildman–Crippen LogP) is 1.63. The fourth-order valence-corrected chi connectivity index (χ4v) is 5.98. The van der Waals surface area contributed by atoms with E-state index in [2.05, 4.69) is 17.0 Å². The van der Waals surface area contributed by atoms with Gasteiger partial charge in [-0.2, -0.15) is 17.5 Å². The average Bonchev–Trinajstić information content (AvgIpc) is 2.82. The molecule has 0 bridgehead atoms. The van der Waals surface area contributed by atoms with Crippen molar-refractivity contribution in [2.45, 2.75) is 30.8 Å². The molecule has 0 radical (unpaired) electrons. The van der Waals surface area contributed by atoms with E-state index in [9.17, 15) is 26.4 Å². The van der Waals surface area contributed by atoms with Crippen LogP contribution in [-0.4, -0.2) is 91.2 Å². The molecule has 2 atom stereocenters. The fourth-order valence-electron chi connectivity index (χ4n) is 3.80. The number of carboxylic acids is 1. The highest BCUT2D eigenvalue weighted by Crippen LogP contribution is 2.34. The van der Waals surface area contributed by atoms with Crippen LogP contribution in [0.15, 0.2) is 30.3 Å². The van der Waals surface area contributed by atoms with Crippen molar-refractivity contribution in [2.75, 3.05) is 40.3 Å². The Labute approximate surface area is 185 Å². The summed E-state index contributed by atoms with van der Waals surface area (Å²) in [4.78, 5) is 24.6. The van der Waals surface area contributed by atoms with Crippen LogP contribution < -0.4 is 0 Å². The molecule has 2 fully saturated rings. The number of aliphatic carboxylic acids is 1. The van der Waals surface area contributed by atoms with Crippen molar-refractivity contribution >= 4 is 21.9 Å². The maximum Gasteiger partial charge on any atom is 0.490 e. The summed E-state index contributed by atoms with van der Waals surface area (Å²) < 4.78 is 58.8. The van der Waals surface area contributed by atoms with Crippen molar-refractivity contribution in [3.05, 3.63) is 35.9 Å². The number of hydrogen-bond donors (Lipinski definition) is 1. The Balaban J connectivity index is 0.000000451. The summed E-state index contributed by atoms with van der Waals surface area (Å²) in [6, 6.07) is 10.3. The van der Waals surface area contributed by atoms with Crippen LogP contribution in [0.25, 0.3) is 0 Å². The molecule has 180 valence electrons. The van der Waals surface area contributed by atoms with Gasteiger partial charge in [0, 0.05) is 27.2 Å². The van der Waals surface area contributed by atoms with Gasteiger partial charge in [0.1, 0.15) is 0 Å². The van der Waals surface area contributed by atoms with Crippen LogP contribution in [0, 0.1) is 5.92 Å². The van der Waals surface area contributed by atoms with Gasteiger partial charge in [-0.3, -0.25) is 9.69 Å². The van der Waals surface area contributed by atoms with Crippen molar-refractivity contribution in [3.63, 3.8) is 0 Å². The minimum Gasteiger partial charge on any atom is -0.475 e. The van der Waals surface area contributed by atoms with Gasteiger partial charge >= 0.3 is 12.1 Å². The number of benzene rings is 1. The number of alkyl halides is 3. The number of likely N-dealkylation sites (tertiary alicyclic amines) is 1. The molecule has 1 aromatic rings. The molecule has 1 amide bonds. The van der Waals surface area contributed by atoms with Crippen LogP contribution in [0.5, 0.6) is 0 Å². The summed E-state index contributed by atoms with van der Waals surface area (Å²) in [5.74, 6) is -2.79. The first kappa shape index (κ1) is 26.1. The molecule has 0 aromatic heterocycles. The molecule has 1 N–H and O–H groups in total. The SMILES string of the molecule is CN(C)C(=O)CN1C[C@H]2CCN(Cc3ccccc3)CC[C@H]2S1(=O)=O.O=C(O)C(F)(F)F. The van der Waals surface area contributed by atoms with Gasteiger partial charge in [-0.1, -0.05) is 30.3 Å². The van der Waals surface area contributed by atoms with Crippen LogP contribution in [0.2, 0.25) is 0 Å². The van der Waals surface area contributed by atoms with Crippen molar-refractivity contribution in [2.24, 2.45) is 5.92 Å². The molecule has 3 rings (SSSR count). The van der Waals surface area contributed by atoms with Crippen LogP contribution in [0.4, 0.5) is 13.2 Å². The van der Waals surface area contributed by atoms with E-state index in [0.29, 0.717) is 13.0 Å². The zero-order chi connectivity index (χ0) is 24.1. The Morgan fingerprint density at radius 2 is 1.69 bits per heavy atom. The van der Waals surface area contributed by atoms with E-state index in [1.54, 1.807) is 14.1 Å². The fraction of sp³-hybridized carbons (Fsp3) is 0.600. The molecular formula is C20H28F3N3O5S. The second-order valence-electron chi connectivity index (χ2n) is 8.07. The molecule has 1 aromatic carbocycles. The molecule has 0 spiro atoms. The molecule has 0 aliphatic carbocycles. The number of carbonyl (C=O) groups excluding carboxylic acids is 1. The Kier molecular flexibility index (Phi) is 8.66. The Hall–Kier alpha value is -2.18. The zero-order valence-electron chi connectivity index (χ0n) is 18.0. The molecule has 2 aliphatic heterocycles. The van der Waals surface area contributed by atoms with Gasteiger partial charge in [-0.05, 0) is 37.4 Å². The van der Waals surface area contributed by atoms with Crippen molar-refractivity contribution in [3.8, 4) is 0 Å². The third-order valence-electron chi connectivity index (χ3n) is 5.55. The molecule has 0 saturated carbocycles. The lowest BCUT2D eigenvalue weighted by molar-refractivity contribution is -0.192. The van der Waals surface area contributed by atoms with Gasteiger partial charge < -0.3 is 10.0 Å².